The molecule has 0 amide bonds. The van der Waals surface area contributed by atoms with Gasteiger partial charge in [0.1, 0.15) is 12.8 Å². The van der Waals surface area contributed by atoms with Crippen LogP contribution < -0.4 is 4.74 Å². The molecule has 1 aliphatic heterocycles. The fourth-order valence-corrected chi connectivity index (χ4v) is 2.87. The molecule has 1 aromatic heterocycles. The molecular weight excluding hydrogens is 352 g/mol. The first kappa shape index (κ1) is 15.0. The van der Waals surface area contributed by atoms with Crippen molar-refractivity contribution in [3.63, 3.8) is 0 Å². The number of imidazole rings is 1. The lowest BCUT2D eigenvalue weighted by Crippen LogP contribution is -2.33. The van der Waals surface area contributed by atoms with Crippen LogP contribution in [0.4, 0.5) is 5.82 Å². The molecule has 0 aliphatic carbocycles. The zero-order chi connectivity index (χ0) is 15.5. The van der Waals surface area contributed by atoms with Gasteiger partial charge in [-0.05, 0) is 22.6 Å². The Morgan fingerprint density at radius 1 is 1.36 bits per heavy atom. The summed E-state index contributed by atoms with van der Waals surface area (Å²) in [5, 5.41) is 10.8. The van der Waals surface area contributed by atoms with Crippen LogP contribution in [0.5, 0.6) is 6.01 Å². The molecule has 3 rings (SSSR count). The monoisotopic (exact) mass is 366 g/mol. The Kier molecular flexibility index (Phi) is 4.39. The summed E-state index contributed by atoms with van der Waals surface area (Å²) in [4.78, 5) is 16.4. The highest BCUT2D eigenvalue weighted by molar-refractivity contribution is 9.10. The van der Waals surface area contributed by atoms with Crippen LogP contribution in [0, 0.1) is 10.1 Å². The molecule has 7 nitrogen and oxygen atoms in total. The zero-order valence-electron chi connectivity index (χ0n) is 11.8. The normalized spacial score (nSPS) is 15.5. The molecular formula is C14H15BrN4O3. The van der Waals surface area contributed by atoms with Crippen molar-refractivity contribution in [3.05, 3.63) is 50.6 Å². The lowest BCUT2D eigenvalue weighted by Gasteiger charge is -2.24. The maximum Gasteiger partial charge on any atom is 0.414 e. The van der Waals surface area contributed by atoms with Gasteiger partial charge in [-0.25, -0.2) is 0 Å². The average molecular weight is 367 g/mol. The van der Waals surface area contributed by atoms with Gasteiger partial charge in [0.05, 0.1) is 0 Å². The molecule has 1 aliphatic rings. The van der Waals surface area contributed by atoms with Crippen LogP contribution in [-0.4, -0.2) is 39.1 Å². The summed E-state index contributed by atoms with van der Waals surface area (Å²) in [5.74, 6) is -0.171. The van der Waals surface area contributed by atoms with E-state index >= 15 is 0 Å². The second kappa shape index (κ2) is 6.45. The lowest BCUT2D eigenvalue weighted by molar-refractivity contribution is -0.389. The van der Waals surface area contributed by atoms with E-state index in [0.29, 0.717) is 19.2 Å². The number of hydrogen-bond acceptors (Lipinski definition) is 5. The third kappa shape index (κ3) is 3.45. The van der Waals surface area contributed by atoms with E-state index in [-0.39, 0.29) is 5.82 Å². The Bertz CT molecular complexity index is 688. The number of halogens is 1. The van der Waals surface area contributed by atoms with E-state index in [2.05, 4.69) is 37.9 Å². The summed E-state index contributed by atoms with van der Waals surface area (Å²) in [6.45, 7) is 3.44. The van der Waals surface area contributed by atoms with Gasteiger partial charge in [0.25, 0.3) is 0 Å². The number of rotatable bonds is 3. The molecule has 8 heteroatoms. The van der Waals surface area contributed by atoms with Crippen molar-refractivity contribution in [1.29, 1.82) is 0 Å². The molecule has 2 heterocycles. The molecule has 0 atom stereocenters. The molecule has 0 N–H and O–H groups in total. The fraction of sp³-hybridized carbons (Fsp3) is 0.357. The van der Waals surface area contributed by atoms with Gasteiger partial charge in [-0.3, -0.25) is 9.47 Å². The minimum absolute atomic E-state index is 0.171. The fourth-order valence-electron chi connectivity index (χ4n) is 2.43. The number of fused-ring (bicyclic) bond motifs is 1. The number of nitrogens with zero attached hydrogens (tertiary/aromatic N) is 4. The minimum Gasteiger partial charge on any atom is -0.444 e. The van der Waals surface area contributed by atoms with Gasteiger partial charge in [-0.15, -0.1) is 0 Å². The SMILES string of the molecule is O=[N+]([O-])c1cn2c(n1)OCCN(Cc1cccc(Br)c1)CC2. The van der Waals surface area contributed by atoms with Gasteiger partial charge in [0.2, 0.25) is 0 Å². The number of hydrogen-bond donors (Lipinski definition) is 0. The van der Waals surface area contributed by atoms with E-state index in [1.807, 2.05) is 12.1 Å². The van der Waals surface area contributed by atoms with Gasteiger partial charge in [-0.2, -0.15) is 0 Å². The summed E-state index contributed by atoms with van der Waals surface area (Å²) < 4.78 is 8.30. The zero-order valence-corrected chi connectivity index (χ0v) is 13.4. The van der Waals surface area contributed by atoms with Crippen LogP contribution >= 0.6 is 15.9 Å². The number of aromatic nitrogens is 2. The molecule has 0 unspecified atom stereocenters. The molecule has 0 saturated carbocycles. The summed E-state index contributed by atoms with van der Waals surface area (Å²) in [6.07, 6.45) is 1.43. The molecule has 0 spiro atoms. The van der Waals surface area contributed by atoms with Crippen LogP contribution in [0.1, 0.15) is 5.56 Å². The van der Waals surface area contributed by atoms with Crippen molar-refractivity contribution in [2.75, 3.05) is 19.7 Å². The van der Waals surface area contributed by atoms with E-state index in [0.717, 1.165) is 24.1 Å². The van der Waals surface area contributed by atoms with E-state index in [1.165, 1.54) is 11.8 Å². The van der Waals surface area contributed by atoms with Crippen molar-refractivity contribution in [2.45, 2.75) is 13.1 Å². The molecule has 0 bridgehead atoms. The van der Waals surface area contributed by atoms with Crippen LogP contribution in [0.2, 0.25) is 0 Å². The van der Waals surface area contributed by atoms with Crippen molar-refractivity contribution in [2.24, 2.45) is 0 Å². The quantitative estimate of drug-likeness (QED) is 0.616. The second-order valence-corrected chi connectivity index (χ2v) is 6.00. The van der Waals surface area contributed by atoms with Crippen molar-refractivity contribution < 1.29 is 9.66 Å². The lowest BCUT2D eigenvalue weighted by atomic mass is 10.2. The van der Waals surface area contributed by atoms with Gasteiger partial charge in [0.15, 0.2) is 0 Å². The van der Waals surface area contributed by atoms with Gasteiger partial charge in [0, 0.05) is 35.6 Å². The molecule has 0 saturated heterocycles. The predicted octanol–water partition coefficient (Wildman–Crippen LogP) is 2.45. The highest BCUT2D eigenvalue weighted by atomic mass is 79.9. The van der Waals surface area contributed by atoms with Crippen LogP contribution in [0.3, 0.4) is 0 Å². The molecule has 2 aromatic rings. The summed E-state index contributed by atoms with van der Waals surface area (Å²) in [5.41, 5.74) is 1.21. The first-order valence-corrected chi connectivity index (χ1v) is 7.72. The molecule has 116 valence electrons. The van der Waals surface area contributed by atoms with E-state index in [1.54, 1.807) is 4.57 Å². The van der Waals surface area contributed by atoms with Crippen molar-refractivity contribution in [1.82, 2.24) is 14.5 Å². The van der Waals surface area contributed by atoms with Crippen LogP contribution in [-0.2, 0) is 13.1 Å². The number of ether oxygens (including phenoxy) is 1. The number of nitro groups is 1. The summed E-state index contributed by atoms with van der Waals surface area (Å²) >= 11 is 3.47. The molecule has 1 aromatic carbocycles. The maximum atomic E-state index is 10.8. The Hall–Kier alpha value is -1.93. The Labute approximate surface area is 135 Å². The van der Waals surface area contributed by atoms with Crippen LogP contribution in [0.15, 0.2) is 34.9 Å². The maximum absolute atomic E-state index is 10.8. The molecule has 0 fully saturated rings. The third-order valence-corrected chi connectivity index (χ3v) is 4.00. The summed E-state index contributed by atoms with van der Waals surface area (Å²) in [6, 6.07) is 8.51. The van der Waals surface area contributed by atoms with Gasteiger partial charge < -0.3 is 14.9 Å². The predicted molar refractivity (Wildman–Crippen MR) is 83.8 cm³/mol. The minimum atomic E-state index is -0.499. The van der Waals surface area contributed by atoms with Crippen LogP contribution in [0.25, 0.3) is 0 Å². The van der Waals surface area contributed by atoms with Crippen molar-refractivity contribution in [3.8, 4) is 6.01 Å². The highest BCUT2D eigenvalue weighted by Crippen LogP contribution is 2.20. The third-order valence-electron chi connectivity index (χ3n) is 3.51. The average Bonchev–Trinajstić information content (AvgIpc) is 2.85. The first-order valence-electron chi connectivity index (χ1n) is 6.93. The largest absolute Gasteiger partial charge is 0.444 e. The molecule has 22 heavy (non-hydrogen) atoms. The van der Waals surface area contributed by atoms with Crippen molar-refractivity contribution >= 4 is 21.7 Å². The highest BCUT2D eigenvalue weighted by Gasteiger charge is 2.22. The summed E-state index contributed by atoms with van der Waals surface area (Å²) in [7, 11) is 0. The number of benzene rings is 1. The van der Waals surface area contributed by atoms with E-state index in [9.17, 15) is 10.1 Å². The standard InChI is InChI=1S/C14H15BrN4O3/c15-12-3-1-2-11(8-12)9-17-4-5-18-10-13(19(20)21)16-14(18)22-7-6-17/h1-3,8,10H,4-7,9H2. The smallest absolute Gasteiger partial charge is 0.414 e. The first-order chi connectivity index (χ1) is 10.6. The second-order valence-electron chi connectivity index (χ2n) is 5.09. The van der Waals surface area contributed by atoms with E-state index in [4.69, 9.17) is 4.74 Å². The van der Waals surface area contributed by atoms with Gasteiger partial charge >= 0.3 is 11.8 Å². The topological polar surface area (TPSA) is 73.4 Å². The molecule has 0 radical (unpaired) electrons. The Morgan fingerprint density at radius 2 is 2.23 bits per heavy atom. The van der Waals surface area contributed by atoms with Gasteiger partial charge in [-0.1, -0.05) is 28.1 Å². The Morgan fingerprint density at radius 3 is 3.00 bits per heavy atom. The van der Waals surface area contributed by atoms with E-state index < -0.39 is 4.92 Å². The Balaban J connectivity index is 1.69.